The van der Waals surface area contributed by atoms with Crippen LogP contribution in [0.1, 0.15) is 6.92 Å². The van der Waals surface area contributed by atoms with Gasteiger partial charge in [-0.25, -0.2) is 0 Å². The zero-order valence-electron chi connectivity index (χ0n) is 8.78. The van der Waals surface area contributed by atoms with Crippen LogP contribution in [0.3, 0.4) is 0 Å². The van der Waals surface area contributed by atoms with E-state index in [1.165, 1.54) is 0 Å². The predicted octanol–water partition coefficient (Wildman–Crippen LogP) is 0.835. The Kier molecular flexibility index (Phi) is 3.07. The van der Waals surface area contributed by atoms with Crippen LogP contribution in [0.25, 0.3) is 0 Å². The van der Waals surface area contributed by atoms with E-state index in [9.17, 15) is 0 Å². The first-order chi connectivity index (χ1) is 7.40. The van der Waals surface area contributed by atoms with Gasteiger partial charge in [0.25, 0.3) is 0 Å². The normalized spacial score (nSPS) is 14.5. The van der Waals surface area contributed by atoms with Gasteiger partial charge in [-0.2, -0.15) is 0 Å². The number of nitrogens with zero attached hydrogens (tertiary/aromatic N) is 2. The fourth-order valence-electron chi connectivity index (χ4n) is 1.47. The lowest BCUT2D eigenvalue weighted by molar-refractivity contribution is -0.862. The molecule has 15 heavy (non-hydrogen) atoms. The molecular formula is C11H14BN2O+. The largest absolute Gasteiger partial charge is 0.595 e. The summed E-state index contributed by atoms with van der Waals surface area (Å²) in [4.78, 5) is 2.12. The molecule has 0 atom stereocenters. The highest BCUT2D eigenvalue weighted by Gasteiger charge is 2.28. The second-order valence-electron chi connectivity index (χ2n) is 3.29. The Balaban J connectivity index is 2.05. The van der Waals surface area contributed by atoms with Gasteiger partial charge in [-0.1, -0.05) is 12.1 Å². The molecule has 2 heterocycles. The van der Waals surface area contributed by atoms with Crippen molar-refractivity contribution in [1.82, 2.24) is 4.81 Å². The first kappa shape index (κ1) is 9.83. The predicted molar refractivity (Wildman–Crippen MR) is 59.6 cm³/mol. The Morgan fingerprint density at radius 1 is 1.20 bits per heavy atom. The number of hydrogen-bond donors (Lipinski definition) is 0. The highest BCUT2D eigenvalue weighted by atomic mass is 16.6. The molecule has 0 unspecified atom stereocenters. The summed E-state index contributed by atoms with van der Waals surface area (Å²) in [5.74, 6) is 2.03. The van der Waals surface area contributed by atoms with Crippen LogP contribution in [-0.2, 0) is 0 Å². The molecule has 0 radical (unpaired) electrons. The molecule has 0 saturated carbocycles. The van der Waals surface area contributed by atoms with Crippen molar-refractivity contribution in [3.05, 3.63) is 54.9 Å². The molecule has 1 aliphatic heterocycles. The van der Waals surface area contributed by atoms with Crippen molar-refractivity contribution in [2.24, 2.45) is 0 Å². The number of aromatic nitrogens is 1. The molecule has 0 spiro atoms. The Bertz CT molecular complexity index is 364. The fraction of sp³-hybridized carbons (Fsp3) is 0.182. The van der Waals surface area contributed by atoms with Crippen molar-refractivity contribution in [3.63, 3.8) is 0 Å². The Morgan fingerprint density at radius 2 is 2.00 bits per heavy atom. The third-order valence-electron chi connectivity index (χ3n) is 2.27. The highest BCUT2D eigenvalue weighted by Crippen LogP contribution is 2.01. The Morgan fingerprint density at radius 3 is 2.73 bits per heavy atom. The molecule has 3 nitrogen and oxygen atoms in total. The Hall–Kier alpha value is -1.71. The van der Waals surface area contributed by atoms with Crippen LogP contribution < -0.4 is 9.49 Å². The van der Waals surface area contributed by atoms with Crippen molar-refractivity contribution in [1.29, 1.82) is 0 Å². The molecule has 76 valence electrons. The van der Waals surface area contributed by atoms with Gasteiger partial charge < -0.3 is 9.57 Å². The monoisotopic (exact) mass is 201 g/mol. The molecule has 0 N–H and O–H groups in total. The summed E-state index contributed by atoms with van der Waals surface area (Å²) < 4.78 is 7.48. The second kappa shape index (κ2) is 4.69. The maximum absolute atomic E-state index is 5.76. The number of allylic oxidation sites excluding steroid dienone is 2. The fourth-order valence-corrected chi connectivity index (χ4v) is 1.47. The molecule has 2 rings (SSSR count). The Labute approximate surface area is 90.4 Å². The van der Waals surface area contributed by atoms with Gasteiger partial charge in [0, 0.05) is 18.7 Å². The van der Waals surface area contributed by atoms with Crippen LogP contribution in [0.15, 0.2) is 54.9 Å². The van der Waals surface area contributed by atoms with Gasteiger partial charge in [-0.05, 0) is 29.9 Å². The third-order valence-corrected chi connectivity index (χ3v) is 2.27. The van der Waals surface area contributed by atoms with Crippen molar-refractivity contribution < 1.29 is 9.49 Å². The summed E-state index contributed by atoms with van der Waals surface area (Å²) in [5.41, 5.74) is 0. The smallest absolute Gasteiger partial charge is 0.377 e. The van der Waals surface area contributed by atoms with Crippen LogP contribution in [0.2, 0.25) is 0 Å². The van der Waals surface area contributed by atoms with Crippen LogP contribution >= 0.6 is 0 Å². The van der Waals surface area contributed by atoms with E-state index in [2.05, 4.69) is 11.7 Å². The van der Waals surface area contributed by atoms with Gasteiger partial charge in [-0.15, -0.1) is 0 Å². The molecule has 0 saturated heterocycles. The average Bonchev–Trinajstić information content (AvgIpc) is 2.31. The zero-order chi connectivity index (χ0) is 10.5. The van der Waals surface area contributed by atoms with Gasteiger partial charge in [0.05, 0.1) is 0 Å². The van der Waals surface area contributed by atoms with Gasteiger partial charge >= 0.3 is 7.05 Å². The third kappa shape index (κ3) is 2.40. The van der Waals surface area contributed by atoms with Gasteiger partial charge in [0.2, 0.25) is 12.4 Å². The van der Waals surface area contributed by atoms with E-state index < -0.39 is 0 Å². The van der Waals surface area contributed by atoms with E-state index >= 15 is 0 Å². The maximum Gasteiger partial charge on any atom is 0.595 e. The van der Waals surface area contributed by atoms with Crippen molar-refractivity contribution in [2.75, 3.05) is 6.54 Å². The molecule has 0 bridgehead atoms. The van der Waals surface area contributed by atoms with E-state index in [4.69, 9.17) is 4.76 Å². The summed E-state index contributed by atoms with van der Waals surface area (Å²) in [6, 6.07) is 5.85. The summed E-state index contributed by atoms with van der Waals surface area (Å²) in [7, 11) is -0.0209. The lowest BCUT2D eigenvalue weighted by Gasteiger charge is -2.21. The average molecular weight is 201 g/mol. The second-order valence-corrected chi connectivity index (χ2v) is 3.29. The van der Waals surface area contributed by atoms with E-state index in [0.717, 1.165) is 6.54 Å². The van der Waals surface area contributed by atoms with E-state index in [1.54, 1.807) is 4.73 Å². The van der Waals surface area contributed by atoms with E-state index in [1.807, 2.05) is 54.9 Å². The molecule has 0 amide bonds. The summed E-state index contributed by atoms with van der Waals surface area (Å²) in [5, 5.41) is 0. The van der Waals surface area contributed by atoms with Crippen molar-refractivity contribution in [2.45, 2.75) is 6.92 Å². The van der Waals surface area contributed by atoms with Crippen molar-refractivity contribution >= 4 is 7.05 Å². The molecule has 1 aromatic heterocycles. The molecule has 0 fully saturated rings. The quantitative estimate of drug-likeness (QED) is 0.532. The topological polar surface area (TPSA) is 16.4 Å². The molecule has 0 aromatic carbocycles. The lowest BCUT2D eigenvalue weighted by atomic mass is 9.79. The summed E-state index contributed by atoms with van der Waals surface area (Å²) in [6.45, 7) is 3.04. The highest BCUT2D eigenvalue weighted by molar-refractivity contribution is 6.55. The minimum Gasteiger partial charge on any atom is -0.377 e. The van der Waals surface area contributed by atoms with Gasteiger partial charge in [0.1, 0.15) is 0 Å². The minimum absolute atomic E-state index is 0.0209. The van der Waals surface area contributed by atoms with Gasteiger partial charge in [-0.3, -0.25) is 0 Å². The molecular weight excluding hydrogens is 187 g/mol. The van der Waals surface area contributed by atoms with Gasteiger partial charge in [0.15, 0.2) is 0 Å². The first-order valence-corrected chi connectivity index (χ1v) is 5.14. The number of pyridine rings is 1. The van der Waals surface area contributed by atoms with Crippen LogP contribution in [0, 0.1) is 0 Å². The lowest BCUT2D eigenvalue weighted by Crippen LogP contribution is -2.55. The van der Waals surface area contributed by atoms with Crippen LogP contribution in [0.5, 0.6) is 0 Å². The van der Waals surface area contributed by atoms with Crippen LogP contribution in [0.4, 0.5) is 0 Å². The van der Waals surface area contributed by atoms with Crippen molar-refractivity contribution in [3.8, 4) is 0 Å². The summed E-state index contributed by atoms with van der Waals surface area (Å²) in [6.07, 6.45) is 9.83. The maximum atomic E-state index is 5.76. The summed E-state index contributed by atoms with van der Waals surface area (Å²) >= 11 is 0. The van der Waals surface area contributed by atoms with E-state index in [0.29, 0.717) is 0 Å². The molecule has 1 aromatic rings. The van der Waals surface area contributed by atoms with E-state index in [-0.39, 0.29) is 7.05 Å². The standard InChI is InChI=1S/C11H14BN2O/c1-2-13-9-7-4-8-12(13)15-14-10-5-3-6-11-14/h3-11H,2H2,1H3/q+1. The van der Waals surface area contributed by atoms with Crippen LogP contribution in [-0.4, -0.2) is 18.4 Å². The SMILES string of the molecule is CCN1C=CC=CB1O[n+]1ccccc1. The minimum atomic E-state index is -0.0209. The molecule has 1 aliphatic rings. The zero-order valence-corrected chi connectivity index (χ0v) is 8.78. The number of hydrogen-bond acceptors (Lipinski definition) is 2. The number of rotatable bonds is 3. The molecule has 0 aliphatic carbocycles. The molecule has 4 heteroatoms. The first-order valence-electron chi connectivity index (χ1n) is 5.14.